The average molecular weight is 294 g/mol. The monoisotopic (exact) mass is 294 g/mol. The number of nitro benzene ring substituents is 1. The first-order chi connectivity index (χ1) is 9.89. The van der Waals surface area contributed by atoms with Crippen molar-refractivity contribution in [1.29, 1.82) is 0 Å². The van der Waals surface area contributed by atoms with E-state index in [0.29, 0.717) is 17.7 Å². The van der Waals surface area contributed by atoms with Crippen molar-refractivity contribution in [2.24, 2.45) is 5.41 Å². The Morgan fingerprint density at radius 1 is 1.38 bits per heavy atom. The predicted molar refractivity (Wildman–Crippen MR) is 80.3 cm³/mol. The Balaban J connectivity index is 2.89. The number of nitrogens with one attached hydrogen (secondary N) is 1. The topological polar surface area (TPSA) is 92.5 Å². The van der Waals surface area contributed by atoms with Crippen LogP contribution in [0.25, 0.3) is 0 Å². The summed E-state index contributed by atoms with van der Waals surface area (Å²) in [7, 11) is 0. The standard InChI is InChI=1S/C15H22N2O4/c1-4-15(5-2,10-18)9-16-14(19)13-8-12(17(20)21)7-6-11(13)3/h6-8,18H,4-5,9-10H2,1-3H3,(H,16,19). The van der Waals surface area contributed by atoms with Gasteiger partial charge in [-0.3, -0.25) is 14.9 Å². The molecule has 0 unspecified atom stereocenters. The molecule has 0 fully saturated rings. The molecule has 1 amide bonds. The summed E-state index contributed by atoms with van der Waals surface area (Å²) in [4.78, 5) is 22.5. The van der Waals surface area contributed by atoms with Crippen LogP contribution in [0.1, 0.15) is 42.6 Å². The van der Waals surface area contributed by atoms with Crippen LogP contribution in [0.15, 0.2) is 18.2 Å². The van der Waals surface area contributed by atoms with E-state index in [1.165, 1.54) is 12.1 Å². The minimum Gasteiger partial charge on any atom is -0.396 e. The molecule has 0 aliphatic heterocycles. The van der Waals surface area contributed by atoms with Crippen molar-refractivity contribution >= 4 is 11.6 Å². The van der Waals surface area contributed by atoms with Gasteiger partial charge < -0.3 is 10.4 Å². The minimum atomic E-state index is -0.522. The van der Waals surface area contributed by atoms with E-state index in [0.717, 1.165) is 12.8 Å². The van der Waals surface area contributed by atoms with Crippen molar-refractivity contribution in [3.63, 3.8) is 0 Å². The number of rotatable bonds is 7. The molecule has 0 saturated carbocycles. The van der Waals surface area contributed by atoms with Gasteiger partial charge in [0.2, 0.25) is 0 Å². The molecule has 0 aromatic heterocycles. The fourth-order valence-electron chi connectivity index (χ4n) is 2.11. The van der Waals surface area contributed by atoms with Gasteiger partial charge in [-0.2, -0.15) is 0 Å². The number of aryl methyl sites for hydroxylation is 1. The van der Waals surface area contributed by atoms with Crippen LogP contribution in [0.5, 0.6) is 0 Å². The van der Waals surface area contributed by atoms with E-state index in [4.69, 9.17) is 0 Å². The highest BCUT2D eigenvalue weighted by atomic mass is 16.6. The second-order valence-electron chi connectivity index (χ2n) is 5.30. The second-order valence-corrected chi connectivity index (χ2v) is 5.30. The third-order valence-electron chi connectivity index (χ3n) is 4.14. The van der Waals surface area contributed by atoms with Crippen molar-refractivity contribution in [2.45, 2.75) is 33.6 Å². The molecular formula is C15H22N2O4. The SMILES string of the molecule is CCC(CC)(CO)CNC(=O)c1cc([N+](=O)[O-])ccc1C. The molecular weight excluding hydrogens is 272 g/mol. The third kappa shape index (κ3) is 4.01. The summed E-state index contributed by atoms with van der Waals surface area (Å²) in [6.45, 7) is 6.00. The average Bonchev–Trinajstić information content (AvgIpc) is 2.49. The van der Waals surface area contributed by atoms with Gasteiger partial charge in [0.1, 0.15) is 0 Å². The molecule has 6 nitrogen and oxygen atoms in total. The lowest BCUT2D eigenvalue weighted by molar-refractivity contribution is -0.384. The summed E-state index contributed by atoms with van der Waals surface area (Å²) in [5.41, 5.74) is 0.527. The van der Waals surface area contributed by atoms with Crippen LogP contribution < -0.4 is 5.32 Å². The molecule has 0 aliphatic rings. The summed E-state index contributed by atoms with van der Waals surface area (Å²) in [5, 5.41) is 23.1. The number of amides is 1. The number of aliphatic hydroxyl groups is 1. The summed E-state index contributed by atoms with van der Waals surface area (Å²) in [5.74, 6) is -0.351. The largest absolute Gasteiger partial charge is 0.396 e. The number of carbonyl (C=O) groups is 1. The van der Waals surface area contributed by atoms with Gasteiger partial charge in [-0.1, -0.05) is 19.9 Å². The lowest BCUT2D eigenvalue weighted by Gasteiger charge is -2.29. The van der Waals surface area contributed by atoms with Crippen LogP contribution in [-0.4, -0.2) is 29.1 Å². The van der Waals surface area contributed by atoms with Crippen LogP contribution in [0.3, 0.4) is 0 Å². The Hall–Kier alpha value is -1.95. The number of hydrogen-bond acceptors (Lipinski definition) is 4. The molecule has 21 heavy (non-hydrogen) atoms. The van der Waals surface area contributed by atoms with Gasteiger partial charge in [0.15, 0.2) is 0 Å². The first-order valence-electron chi connectivity index (χ1n) is 7.03. The first-order valence-corrected chi connectivity index (χ1v) is 7.03. The number of hydrogen-bond donors (Lipinski definition) is 2. The number of benzene rings is 1. The maximum Gasteiger partial charge on any atom is 0.270 e. The van der Waals surface area contributed by atoms with Crippen LogP contribution in [0.4, 0.5) is 5.69 Å². The fraction of sp³-hybridized carbons (Fsp3) is 0.533. The number of aliphatic hydroxyl groups excluding tert-OH is 1. The Kier molecular flexibility index (Phi) is 5.84. The Morgan fingerprint density at radius 3 is 2.48 bits per heavy atom. The molecule has 116 valence electrons. The minimum absolute atomic E-state index is 0.00575. The quantitative estimate of drug-likeness (QED) is 0.596. The molecule has 0 heterocycles. The predicted octanol–water partition coefficient (Wildman–Crippen LogP) is 2.43. The highest BCUT2D eigenvalue weighted by Crippen LogP contribution is 2.25. The highest BCUT2D eigenvalue weighted by molar-refractivity contribution is 5.96. The van der Waals surface area contributed by atoms with E-state index in [1.807, 2.05) is 13.8 Å². The summed E-state index contributed by atoms with van der Waals surface area (Å²) >= 11 is 0. The molecule has 1 rings (SSSR count). The van der Waals surface area contributed by atoms with Crippen molar-refractivity contribution in [2.75, 3.05) is 13.2 Å². The van der Waals surface area contributed by atoms with Crippen LogP contribution >= 0.6 is 0 Å². The third-order valence-corrected chi connectivity index (χ3v) is 4.14. The number of carbonyl (C=O) groups excluding carboxylic acids is 1. The molecule has 1 aromatic carbocycles. The molecule has 0 spiro atoms. The molecule has 6 heteroatoms. The van der Waals surface area contributed by atoms with E-state index in [9.17, 15) is 20.0 Å². The molecule has 2 N–H and O–H groups in total. The number of nitrogens with zero attached hydrogens (tertiary/aromatic N) is 1. The van der Waals surface area contributed by atoms with Gasteiger partial charge in [0.05, 0.1) is 11.5 Å². The van der Waals surface area contributed by atoms with Crippen LogP contribution in [0.2, 0.25) is 0 Å². The number of nitro groups is 1. The Bertz CT molecular complexity index is 516. The zero-order valence-electron chi connectivity index (χ0n) is 12.7. The van der Waals surface area contributed by atoms with E-state index < -0.39 is 4.92 Å². The normalized spacial score (nSPS) is 11.2. The lowest BCUT2D eigenvalue weighted by atomic mass is 9.83. The second kappa shape index (κ2) is 7.17. The molecule has 1 aromatic rings. The molecule has 0 saturated heterocycles. The molecule has 0 aliphatic carbocycles. The van der Waals surface area contributed by atoms with E-state index in [1.54, 1.807) is 13.0 Å². The zero-order chi connectivity index (χ0) is 16.0. The van der Waals surface area contributed by atoms with Gasteiger partial charge in [-0.15, -0.1) is 0 Å². The van der Waals surface area contributed by atoms with E-state index in [-0.39, 0.29) is 23.6 Å². The van der Waals surface area contributed by atoms with Gasteiger partial charge >= 0.3 is 0 Å². The zero-order valence-corrected chi connectivity index (χ0v) is 12.7. The van der Waals surface area contributed by atoms with Gasteiger partial charge in [-0.25, -0.2) is 0 Å². The lowest BCUT2D eigenvalue weighted by Crippen LogP contribution is -2.39. The van der Waals surface area contributed by atoms with Gasteiger partial charge in [0.25, 0.3) is 11.6 Å². The summed E-state index contributed by atoms with van der Waals surface area (Å²) in [6.07, 6.45) is 1.49. The van der Waals surface area contributed by atoms with E-state index >= 15 is 0 Å². The van der Waals surface area contributed by atoms with Crippen LogP contribution in [0, 0.1) is 22.5 Å². The van der Waals surface area contributed by atoms with Crippen molar-refractivity contribution < 1.29 is 14.8 Å². The van der Waals surface area contributed by atoms with Crippen molar-refractivity contribution in [3.8, 4) is 0 Å². The summed E-state index contributed by atoms with van der Waals surface area (Å²) < 4.78 is 0. The molecule has 0 atom stereocenters. The van der Waals surface area contributed by atoms with Crippen molar-refractivity contribution in [3.05, 3.63) is 39.4 Å². The molecule has 0 bridgehead atoms. The summed E-state index contributed by atoms with van der Waals surface area (Å²) in [6, 6.07) is 4.22. The molecule has 0 radical (unpaired) electrons. The fourth-order valence-corrected chi connectivity index (χ4v) is 2.11. The smallest absolute Gasteiger partial charge is 0.270 e. The number of non-ortho nitro benzene ring substituents is 1. The van der Waals surface area contributed by atoms with Crippen molar-refractivity contribution in [1.82, 2.24) is 5.32 Å². The maximum atomic E-state index is 12.2. The Labute approximate surface area is 124 Å². The van der Waals surface area contributed by atoms with E-state index in [2.05, 4.69) is 5.32 Å². The van der Waals surface area contributed by atoms with Crippen LogP contribution in [-0.2, 0) is 0 Å². The van der Waals surface area contributed by atoms with Gasteiger partial charge in [0, 0.05) is 29.7 Å². The van der Waals surface area contributed by atoms with Gasteiger partial charge in [-0.05, 0) is 25.3 Å². The Morgan fingerprint density at radius 2 is 2.00 bits per heavy atom. The maximum absolute atomic E-state index is 12.2. The first kappa shape index (κ1) is 17.1. The highest BCUT2D eigenvalue weighted by Gasteiger charge is 2.26.